The Morgan fingerprint density at radius 2 is 1.58 bits per heavy atom. The zero-order valence-electron chi connectivity index (χ0n) is 14.3. The van der Waals surface area contributed by atoms with Crippen LogP contribution in [0.1, 0.15) is 28.7 Å². The van der Waals surface area contributed by atoms with Gasteiger partial charge in [0.25, 0.3) is 0 Å². The first-order chi connectivity index (χ1) is 12.6. The lowest BCUT2D eigenvalue weighted by Crippen LogP contribution is -1.98. The Morgan fingerprint density at radius 1 is 0.885 bits per heavy atom. The summed E-state index contributed by atoms with van der Waals surface area (Å²) in [5.41, 5.74) is 6.39. The number of phenolic OH excluding ortho intramolecular Hbond substituents is 1. The maximum absolute atomic E-state index is 13.3. The Bertz CT molecular complexity index is 1020. The van der Waals surface area contributed by atoms with E-state index in [4.69, 9.17) is 4.99 Å². The van der Waals surface area contributed by atoms with Crippen molar-refractivity contribution in [3.8, 4) is 5.75 Å². The zero-order chi connectivity index (χ0) is 18.1. The number of halogens is 1. The van der Waals surface area contributed by atoms with E-state index in [1.165, 1.54) is 12.1 Å². The maximum atomic E-state index is 13.3. The minimum Gasteiger partial charge on any atom is -0.508 e. The van der Waals surface area contributed by atoms with E-state index in [0.717, 1.165) is 39.2 Å². The van der Waals surface area contributed by atoms with Crippen LogP contribution in [0.3, 0.4) is 0 Å². The van der Waals surface area contributed by atoms with Gasteiger partial charge in [-0.25, -0.2) is 4.39 Å². The molecular formula is C22H17FN2O. The Hall–Kier alpha value is -3.27. The first kappa shape index (κ1) is 16.2. The summed E-state index contributed by atoms with van der Waals surface area (Å²) in [7, 11) is 0. The standard InChI is InChI=1S/C22H17FN2O/c1-14-2-3-17(12-21(14)26)20-13-19(15-8-10-24-11-9-15)22(25-20)16-4-6-18(23)7-5-16/h2-12,26H,13H2,1H3. The molecule has 4 rings (SSSR count). The van der Waals surface area contributed by atoms with Crippen LogP contribution in [0, 0.1) is 12.7 Å². The highest BCUT2D eigenvalue weighted by Crippen LogP contribution is 2.37. The molecule has 1 aliphatic heterocycles. The second-order valence-corrected chi connectivity index (χ2v) is 6.31. The van der Waals surface area contributed by atoms with E-state index in [1.807, 2.05) is 31.2 Å². The van der Waals surface area contributed by atoms with Crippen molar-refractivity contribution in [2.75, 3.05) is 0 Å². The largest absolute Gasteiger partial charge is 0.508 e. The van der Waals surface area contributed by atoms with E-state index >= 15 is 0 Å². The molecule has 2 aromatic carbocycles. The second kappa shape index (κ2) is 6.56. The first-order valence-corrected chi connectivity index (χ1v) is 8.39. The van der Waals surface area contributed by atoms with Gasteiger partial charge < -0.3 is 5.11 Å². The number of nitrogens with zero attached hydrogens (tertiary/aromatic N) is 2. The molecular weight excluding hydrogens is 327 g/mol. The lowest BCUT2D eigenvalue weighted by Gasteiger charge is -2.07. The van der Waals surface area contributed by atoms with Crippen molar-refractivity contribution in [1.82, 2.24) is 4.98 Å². The van der Waals surface area contributed by atoms with E-state index < -0.39 is 0 Å². The van der Waals surface area contributed by atoms with Gasteiger partial charge in [-0.05, 0) is 71.7 Å². The van der Waals surface area contributed by atoms with Gasteiger partial charge in [0, 0.05) is 24.4 Å². The van der Waals surface area contributed by atoms with Crippen LogP contribution in [0.2, 0.25) is 0 Å². The highest BCUT2D eigenvalue weighted by Gasteiger charge is 2.22. The van der Waals surface area contributed by atoms with Crippen molar-refractivity contribution >= 4 is 17.0 Å². The van der Waals surface area contributed by atoms with E-state index in [9.17, 15) is 9.50 Å². The number of aromatic nitrogens is 1. The smallest absolute Gasteiger partial charge is 0.123 e. The SMILES string of the molecule is Cc1ccc(C2=NC(c3ccc(F)cc3)=C(c3ccncc3)C2)cc1O. The molecule has 1 N–H and O–H groups in total. The number of phenols is 1. The van der Waals surface area contributed by atoms with Gasteiger partial charge in [-0.1, -0.05) is 12.1 Å². The van der Waals surface area contributed by atoms with E-state index in [2.05, 4.69) is 4.98 Å². The molecule has 0 atom stereocenters. The summed E-state index contributed by atoms with van der Waals surface area (Å²) < 4.78 is 13.3. The van der Waals surface area contributed by atoms with Crippen LogP contribution in [0.5, 0.6) is 5.75 Å². The molecule has 0 bridgehead atoms. The van der Waals surface area contributed by atoms with Gasteiger partial charge in [-0.15, -0.1) is 0 Å². The number of benzene rings is 2. The van der Waals surface area contributed by atoms with Crippen molar-refractivity contribution in [3.63, 3.8) is 0 Å². The highest BCUT2D eigenvalue weighted by molar-refractivity contribution is 6.16. The average molecular weight is 344 g/mol. The van der Waals surface area contributed by atoms with Crippen LogP contribution in [-0.4, -0.2) is 15.8 Å². The molecule has 0 radical (unpaired) electrons. The van der Waals surface area contributed by atoms with Crippen LogP contribution in [0.25, 0.3) is 11.3 Å². The number of pyridine rings is 1. The van der Waals surface area contributed by atoms with E-state index in [0.29, 0.717) is 6.42 Å². The van der Waals surface area contributed by atoms with Crippen LogP contribution in [-0.2, 0) is 0 Å². The fourth-order valence-electron chi connectivity index (χ4n) is 3.09. The Kier molecular flexibility index (Phi) is 4.09. The van der Waals surface area contributed by atoms with Gasteiger partial charge in [-0.2, -0.15) is 0 Å². The number of aromatic hydroxyl groups is 1. The van der Waals surface area contributed by atoms with E-state index in [1.54, 1.807) is 30.6 Å². The van der Waals surface area contributed by atoms with E-state index in [-0.39, 0.29) is 11.6 Å². The third-order valence-electron chi connectivity index (χ3n) is 4.57. The monoisotopic (exact) mass is 344 g/mol. The first-order valence-electron chi connectivity index (χ1n) is 8.39. The molecule has 0 aliphatic carbocycles. The quantitative estimate of drug-likeness (QED) is 0.727. The number of allylic oxidation sites excluding steroid dienone is 1. The summed E-state index contributed by atoms with van der Waals surface area (Å²) >= 11 is 0. The molecule has 0 saturated heterocycles. The number of hydrogen-bond donors (Lipinski definition) is 1. The fourth-order valence-corrected chi connectivity index (χ4v) is 3.09. The van der Waals surface area contributed by atoms with Gasteiger partial charge in [0.05, 0.1) is 11.4 Å². The van der Waals surface area contributed by atoms with Gasteiger partial charge >= 0.3 is 0 Å². The molecule has 0 saturated carbocycles. The summed E-state index contributed by atoms with van der Waals surface area (Å²) in [4.78, 5) is 8.91. The van der Waals surface area contributed by atoms with Gasteiger partial charge in [0.15, 0.2) is 0 Å². The molecule has 0 fully saturated rings. The van der Waals surface area contributed by atoms with Crippen molar-refractivity contribution in [2.24, 2.45) is 4.99 Å². The molecule has 0 amide bonds. The van der Waals surface area contributed by atoms with Gasteiger partial charge in [0.2, 0.25) is 0 Å². The molecule has 1 aromatic heterocycles. The molecule has 3 aromatic rings. The molecule has 0 spiro atoms. The number of hydrogen-bond acceptors (Lipinski definition) is 3. The molecule has 128 valence electrons. The summed E-state index contributed by atoms with van der Waals surface area (Å²) in [6, 6.07) is 15.9. The van der Waals surface area contributed by atoms with Crippen LogP contribution in [0.4, 0.5) is 4.39 Å². The summed E-state index contributed by atoms with van der Waals surface area (Å²) in [6.07, 6.45) is 4.14. The predicted molar refractivity (Wildman–Crippen MR) is 101 cm³/mol. The van der Waals surface area contributed by atoms with Crippen molar-refractivity contribution in [2.45, 2.75) is 13.3 Å². The third-order valence-corrected chi connectivity index (χ3v) is 4.57. The maximum Gasteiger partial charge on any atom is 0.123 e. The number of aliphatic imine (C=N–C) groups is 1. The Labute approximate surface area is 151 Å². The highest BCUT2D eigenvalue weighted by atomic mass is 19.1. The summed E-state index contributed by atoms with van der Waals surface area (Å²) in [6.45, 7) is 1.86. The predicted octanol–water partition coefficient (Wildman–Crippen LogP) is 5.00. The van der Waals surface area contributed by atoms with Crippen molar-refractivity contribution in [3.05, 3.63) is 95.1 Å². The fraction of sp³-hybridized carbons (Fsp3) is 0.0909. The lowest BCUT2D eigenvalue weighted by molar-refractivity contribution is 0.471. The van der Waals surface area contributed by atoms with Crippen molar-refractivity contribution < 1.29 is 9.50 Å². The molecule has 1 aliphatic rings. The van der Waals surface area contributed by atoms with Crippen LogP contribution < -0.4 is 0 Å². The molecule has 0 unspecified atom stereocenters. The topological polar surface area (TPSA) is 45.5 Å². The third kappa shape index (κ3) is 3.02. The minimum absolute atomic E-state index is 0.255. The number of rotatable bonds is 3. The summed E-state index contributed by atoms with van der Waals surface area (Å²) in [5.74, 6) is -0.0173. The van der Waals surface area contributed by atoms with Crippen molar-refractivity contribution in [1.29, 1.82) is 0 Å². The molecule has 3 nitrogen and oxygen atoms in total. The molecule has 2 heterocycles. The van der Waals surface area contributed by atoms with Crippen LogP contribution >= 0.6 is 0 Å². The van der Waals surface area contributed by atoms with Gasteiger partial charge in [0.1, 0.15) is 11.6 Å². The second-order valence-electron chi connectivity index (χ2n) is 6.31. The van der Waals surface area contributed by atoms with Gasteiger partial charge in [-0.3, -0.25) is 9.98 Å². The Morgan fingerprint density at radius 3 is 2.27 bits per heavy atom. The Balaban J connectivity index is 1.81. The van der Waals surface area contributed by atoms with Crippen LogP contribution in [0.15, 0.2) is 72.0 Å². The minimum atomic E-state index is -0.273. The summed E-state index contributed by atoms with van der Waals surface area (Å²) in [5, 5.41) is 10.0. The normalized spacial score (nSPS) is 13.8. The average Bonchev–Trinajstić information content (AvgIpc) is 3.11. The number of aryl methyl sites for hydroxylation is 1. The zero-order valence-corrected chi connectivity index (χ0v) is 14.3. The lowest BCUT2D eigenvalue weighted by atomic mass is 9.96. The molecule has 26 heavy (non-hydrogen) atoms. The molecule has 4 heteroatoms.